The Morgan fingerprint density at radius 1 is 1.19 bits per heavy atom. The van der Waals surface area contributed by atoms with E-state index in [4.69, 9.17) is 4.74 Å². The van der Waals surface area contributed by atoms with Crippen LogP contribution in [0.25, 0.3) is 0 Å². The molecule has 0 aliphatic carbocycles. The minimum atomic E-state index is 0.365. The Balaban J connectivity index is 2.27. The molecule has 0 saturated carbocycles. The number of ether oxygens (including phenoxy) is 1. The van der Waals surface area contributed by atoms with Gasteiger partial charge >= 0.3 is 6.01 Å². The fourth-order valence-electron chi connectivity index (χ4n) is 1.26. The fraction of sp³-hybridized carbons (Fsp3) is 0.167. The summed E-state index contributed by atoms with van der Waals surface area (Å²) in [7, 11) is 0. The molecule has 82 valence electrons. The lowest BCUT2D eigenvalue weighted by Gasteiger charge is -2.06. The van der Waals surface area contributed by atoms with Crippen LogP contribution in [0.15, 0.2) is 34.9 Å². The summed E-state index contributed by atoms with van der Waals surface area (Å²) in [5.41, 5.74) is 2.05. The smallest absolute Gasteiger partial charge is 0.322 e. The second-order valence-electron chi connectivity index (χ2n) is 3.52. The van der Waals surface area contributed by atoms with Crippen LogP contribution >= 0.6 is 15.9 Å². The van der Waals surface area contributed by atoms with Gasteiger partial charge in [-0.15, -0.1) is 0 Å². The number of benzene rings is 1. The zero-order valence-electron chi connectivity index (χ0n) is 9.07. The highest BCUT2D eigenvalue weighted by Crippen LogP contribution is 2.28. The van der Waals surface area contributed by atoms with Crippen molar-refractivity contribution in [3.05, 3.63) is 46.2 Å². The second kappa shape index (κ2) is 4.61. The highest BCUT2D eigenvalue weighted by molar-refractivity contribution is 9.10. The van der Waals surface area contributed by atoms with Crippen LogP contribution in [-0.4, -0.2) is 9.97 Å². The van der Waals surface area contributed by atoms with Crippen LogP contribution in [0.1, 0.15) is 11.3 Å². The van der Waals surface area contributed by atoms with Gasteiger partial charge in [0.2, 0.25) is 0 Å². The molecule has 0 saturated heterocycles. The van der Waals surface area contributed by atoms with Gasteiger partial charge in [-0.3, -0.25) is 0 Å². The summed E-state index contributed by atoms with van der Waals surface area (Å²) < 4.78 is 6.48. The van der Waals surface area contributed by atoms with Crippen molar-refractivity contribution in [2.75, 3.05) is 0 Å². The summed E-state index contributed by atoms with van der Waals surface area (Å²) >= 11 is 3.44. The molecule has 0 spiro atoms. The third kappa shape index (κ3) is 2.58. The maximum atomic E-state index is 5.58. The maximum Gasteiger partial charge on any atom is 0.322 e. The summed E-state index contributed by atoms with van der Waals surface area (Å²) in [6.07, 6.45) is 1.68. The fourth-order valence-corrected chi connectivity index (χ4v) is 1.84. The van der Waals surface area contributed by atoms with Crippen molar-refractivity contribution < 1.29 is 4.74 Å². The predicted octanol–water partition coefficient (Wildman–Crippen LogP) is 3.65. The van der Waals surface area contributed by atoms with Crippen LogP contribution in [0.3, 0.4) is 0 Å². The molecular formula is C12H11BrN2O. The summed E-state index contributed by atoms with van der Waals surface area (Å²) in [5.74, 6) is 0.719. The molecule has 0 bridgehead atoms. The number of hydrogen-bond donors (Lipinski definition) is 0. The van der Waals surface area contributed by atoms with Crippen molar-refractivity contribution in [2.45, 2.75) is 13.8 Å². The lowest BCUT2D eigenvalue weighted by Crippen LogP contribution is -1.93. The molecule has 0 aliphatic rings. The number of hydrogen-bond acceptors (Lipinski definition) is 3. The van der Waals surface area contributed by atoms with Gasteiger partial charge in [0, 0.05) is 11.9 Å². The van der Waals surface area contributed by atoms with E-state index in [0.29, 0.717) is 6.01 Å². The van der Waals surface area contributed by atoms with Crippen molar-refractivity contribution in [3.8, 4) is 11.8 Å². The van der Waals surface area contributed by atoms with E-state index in [1.54, 1.807) is 6.20 Å². The first kappa shape index (κ1) is 11.1. The molecule has 0 radical (unpaired) electrons. The van der Waals surface area contributed by atoms with E-state index in [1.165, 1.54) is 5.56 Å². The molecule has 2 aromatic rings. The van der Waals surface area contributed by atoms with Gasteiger partial charge in [-0.05, 0) is 53.5 Å². The van der Waals surface area contributed by atoms with E-state index >= 15 is 0 Å². The lowest BCUT2D eigenvalue weighted by molar-refractivity contribution is 0.437. The topological polar surface area (TPSA) is 35.0 Å². The first-order chi connectivity index (χ1) is 7.65. The van der Waals surface area contributed by atoms with Gasteiger partial charge in [0.1, 0.15) is 5.75 Å². The molecule has 2 rings (SSSR count). The third-order valence-corrected chi connectivity index (χ3v) is 2.68. The summed E-state index contributed by atoms with van der Waals surface area (Å²) in [6, 6.07) is 8.06. The largest absolute Gasteiger partial charge is 0.423 e. The Hall–Kier alpha value is -1.42. The minimum absolute atomic E-state index is 0.365. The Morgan fingerprint density at radius 2 is 2.00 bits per heavy atom. The van der Waals surface area contributed by atoms with Gasteiger partial charge in [-0.25, -0.2) is 9.97 Å². The van der Waals surface area contributed by atoms with Crippen LogP contribution in [0.4, 0.5) is 0 Å². The van der Waals surface area contributed by atoms with Gasteiger partial charge in [0.25, 0.3) is 0 Å². The first-order valence-corrected chi connectivity index (χ1v) is 5.68. The molecule has 16 heavy (non-hydrogen) atoms. The number of nitrogens with zero attached hydrogens (tertiary/aromatic N) is 2. The van der Waals surface area contributed by atoms with E-state index in [2.05, 4.69) is 25.9 Å². The van der Waals surface area contributed by atoms with Gasteiger partial charge in [-0.1, -0.05) is 6.07 Å². The Bertz CT molecular complexity index is 514. The van der Waals surface area contributed by atoms with Crippen LogP contribution in [-0.2, 0) is 0 Å². The van der Waals surface area contributed by atoms with Gasteiger partial charge in [0.05, 0.1) is 4.47 Å². The average Bonchev–Trinajstić information content (AvgIpc) is 2.22. The highest BCUT2D eigenvalue weighted by atomic mass is 79.9. The van der Waals surface area contributed by atoms with E-state index < -0.39 is 0 Å². The number of aryl methyl sites for hydroxylation is 2. The molecule has 0 amide bonds. The SMILES string of the molecule is Cc1ccc(Oc2nccc(C)n2)c(Br)c1. The number of halogens is 1. The molecule has 1 heterocycles. The minimum Gasteiger partial charge on any atom is -0.423 e. The first-order valence-electron chi connectivity index (χ1n) is 4.89. The van der Waals surface area contributed by atoms with E-state index in [9.17, 15) is 0 Å². The highest BCUT2D eigenvalue weighted by Gasteiger charge is 2.04. The van der Waals surface area contributed by atoms with E-state index in [1.807, 2.05) is 38.1 Å². The molecule has 0 atom stereocenters. The number of aromatic nitrogens is 2. The molecular weight excluding hydrogens is 268 g/mol. The van der Waals surface area contributed by atoms with Crippen molar-refractivity contribution in [1.82, 2.24) is 9.97 Å². The monoisotopic (exact) mass is 278 g/mol. The van der Waals surface area contributed by atoms with Gasteiger partial charge < -0.3 is 4.74 Å². The van der Waals surface area contributed by atoms with Crippen molar-refractivity contribution in [1.29, 1.82) is 0 Å². The molecule has 0 N–H and O–H groups in total. The van der Waals surface area contributed by atoms with Crippen LogP contribution in [0.5, 0.6) is 11.8 Å². The molecule has 4 heteroatoms. The zero-order valence-corrected chi connectivity index (χ0v) is 10.7. The predicted molar refractivity (Wildman–Crippen MR) is 65.7 cm³/mol. The molecule has 3 nitrogen and oxygen atoms in total. The summed E-state index contributed by atoms with van der Waals surface area (Å²) in [5, 5.41) is 0. The molecule has 1 aromatic heterocycles. The van der Waals surface area contributed by atoms with Gasteiger partial charge in [-0.2, -0.15) is 0 Å². The molecule has 0 fully saturated rings. The zero-order chi connectivity index (χ0) is 11.5. The average molecular weight is 279 g/mol. The van der Waals surface area contributed by atoms with E-state index in [-0.39, 0.29) is 0 Å². The number of rotatable bonds is 2. The Labute approximate surface area is 103 Å². The summed E-state index contributed by atoms with van der Waals surface area (Å²) in [6.45, 7) is 3.93. The van der Waals surface area contributed by atoms with Crippen LogP contribution < -0.4 is 4.74 Å². The molecule has 1 aromatic carbocycles. The summed E-state index contributed by atoms with van der Waals surface area (Å²) in [4.78, 5) is 8.22. The Kier molecular flexibility index (Phi) is 3.19. The standard InChI is InChI=1S/C12H11BrN2O/c1-8-3-4-11(10(13)7-8)16-12-14-6-5-9(2)15-12/h3-7H,1-2H3. The molecule has 0 unspecified atom stereocenters. The van der Waals surface area contributed by atoms with Crippen molar-refractivity contribution in [3.63, 3.8) is 0 Å². The molecule has 0 aliphatic heterocycles. The third-order valence-electron chi connectivity index (χ3n) is 2.06. The second-order valence-corrected chi connectivity index (χ2v) is 4.37. The Morgan fingerprint density at radius 3 is 2.69 bits per heavy atom. The lowest BCUT2D eigenvalue weighted by atomic mass is 10.2. The normalized spacial score (nSPS) is 10.2. The van der Waals surface area contributed by atoms with Crippen LogP contribution in [0, 0.1) is 13.8 Å². The van der Waals surface area contributed by atoms with E-state index in [0.717, 1.165) is 15.9 Å². The van der Waals surface area contributed by atoms with Crippen LogP contribution in [0.2, 0.25) is 0 Å². The van der Waals surface area contributed by atoms with Crippen molar-refractivity contribution in [2.24, 2.45) is 0 Å². The quantitative estimate of drug-likeness (QED) is 0.841. The van der Waals surface area contributed by atoms with Gasteiger partial charge in [0.15, 0.2) is 0 Å². The maximum absolute atomic E-state index is 5.58. The van der Waals surface area contributed by atoms with Crippen molar-refractivity contribution >= 4 is 15.9 Å².